The molecule has 1 saturated carbocycles. The highest BCUT2D eigenvalue weighted by Crippen LogP contribution is 2.25. The smallest absolute Gasteiger partial charge is 0.251 e. The number of carbonyl (C=O) groups excluding carboxylic acids is 1. The first-order chi connectivity index (χ1) is 10.0. The number of carbonyl (C=O) groups is 1. The third kappa shape index (κ3) is 3.48. The van der Waals surface area contributed by atoms with Crippen molar-refractivity contribution >= 4 is 5.91 Å². The Morgan fingerprint density at radius 2 is 2.05 bits per heavy atom. The third-order valence-electron chi connectivity index (χ3n) is 3.31. The van der Waals surface area contributed by atoms with Crippen molar-refractivity contribution in [3.63, 3.8) is 0 Å². The summed E-state index contributed by atoms with van der Waals surface area (Å²) in [6.07, 6.45) is 5.39. The molecular weight excluding hydrogens is 283 g/mol. The lowest BCUT2D eigenvalue weighted by Crippen LogP contribution is -2.38. The molecule has 1 amide bonds. The summed E-state index contributed by atoms with van der Waals surface area (Å²) in [4.78, 5) is 11.9. The monoisotopic (exact) mass is 297 g/mol. The average molecular weight is 297 g/mol. The van der Waals surface area contributed by atoms with Crippen molar-refractivity contribution in [2.24, 2.45) is 0 Å². The predicted molar refractivity (Wildman–Crippen MR) is 70.7 cm³/mol. The SMILES string of the molecule is C#CCOc1c(F)cc(C(=O)N[C@@H]2CCC[C@H]2F)cc1F. The lowest BCUT2D eigenvalue weighted by Gasteiger charge is -2.15. The number of amides is 1. The molecule has 1 aromatic carbocycles. The van der Waals surface area contributed by atoms with Gasteiger partial charge in [0.25, 0.3) is 5.91 Å². The van der Waals surface area contributed by atoms with Crippen LogP contribution in [-0.4, -0.2) is 24.7 Å². The number of halogens is 3. The molecule has 0 spiro atoms. The van der Waals surface area contributed by atoms with Crippen LogP contribution in [0, 0.1) is 24.0 Å². The lowest BCUT2D eigenvalue weighted by atomic mass is 10.1. The van der Waals surface area contributed by atoms with Crippen LogP contribution in [0.2, 0.25) is 0 Å². The number of rotatable bonds is 4. The molecule has 6 heteroatoms. The summed E-state index contributed by atoms with van der Waals surface area (Å²) in [6, 6.07) is 1.07. The number of hydrogen-bond acceptors (Lipinski definition) is 2. The van der Waals surface area contributed by atoms with Gasteiger partial charge in [-0.25, -0.2) is 13.2 Å². The maximum absolute atomic E-state index is 13.7. The van der Waals surface area contributed by atoms with Crippen LogP contribution < -0.4 is 10.1 Å². The number of benzene rings is 1. The molecule has 1 N–H and O–H groups in total. The summed E-state index contributed by atoms with van der Waals surface area (Å²) >= 11 is 0. The van der Waals surface area contributed by atoms with Crippen molar-refractivity contribution in [3.8, 4) is 18.1 Å². The van der Waals surface area contributed by atoms with Crippen LogP contribution in [0.15, 0.2) is 12.1 Å². The minimum absolute atomic E-state index is 0.225. The number of ether oxygens (including phenoxy) is 1. The molecule has 0 aliphatic heterocycles. The summed E-state index contributed by atoms with van der Waals surface area (Å²) in [7, 11) is 0. The van der Waals surface area contributed by atoms with E-state index in [9.17, 15) is 18.0 Å². The Morgan fingerprint density at radius 3 is 2.57 bits per heavy atom. The molecule has 3 nitrogen and oxygen atoms in total. The molecule has 0 radical (unpaired) electrons. The summed E-state index contributed by atoms with van der Waals surface area (Å²) < 4.78 is 45.5. The molecule has 1 aromatic rings. The molecule has 1 fully saturated rings. The topological polar surface area (TPSA) is 38.3 Å². The quantitative estimate of drug-likeness (QED) is 0.868. The molecule has 2 atom stereocenters. The van der Waals surface area contributed by atoms with E-state index < -0.39 is 35.5 Å². The molecule has 2 rings (SSSR count). The van der Waals surface area contributed by atoms with Gasteiger partial charge in [0.05, 0.1) is 6.04 Å². The van der Waals surface area contributed by atoms with E-state index in [1.54, 1.807) is 0 Å². The zero-order valence-corrected chi connectivity index (χ0v) is 11.2. The summed E-state index contributed by atoms with van der Waals surface area (Å²) in [5, 5.41) is 2.44. The van der Waals surface area contributed by atoms with E-state index in [1.165, 1.54) is 0 Å². The fourth-order valence-electron chi connectivity index (χ4n) is 2.27. The number of hydrogen-bond donors (Lipinski definition) is 1. The van der Waals surface area contributed by atoms with E-state index in [2.05, 4.69) is 11.2 Å². The van der Waals surface area contributed by atoms with E-state index in [1.807, 2.05) is 0 Å². The van der Waals surface area contributed by atoms with Crippen molar-refractivity contribution in [3.05, 3.63) is 29.3 Å². The Balaban J connectivity index is 2.13. The van der Waals surface area contributed by atoms with Crippen LogP contribution in [0.1, 0.15) is 29.6 Å². The largest absolute Gasteiger partial charge is 0.475 e. The minimum atomic E-state index is -1.12. The summed E-state index contributed by atoms with van der Waals surface area (Å²) in [5.41, 5.74) is -0.225. The predicted octanol–water partition coefficient (Wildman–Crippen LogP) is 2.60. The average Bonchev–Trinajstić information content (AvgIpc) is 2.83. The highest BCUT2D eigenvalue weighted by molar-refractivity contribution is 5.94. The molecule has 1 aliphatic carbocycles. The molecule has 1 aliphatic rings. The van der Waals surface area contributed by atoms with Gasteiger partial charge in [-0.1, -0.05) is 5.92 Å². The van der Waals surface area contributed by atoms with E-state index in [0.29, 0.717) is 19.3 Å². The van der Waals surface area contributed by atoms with Gasteiger partial charge >= 0.3 is 0 Å². The molecular formula is C15H14F3NO2. The summed E-state index contributed by atoms with van der Waals surface area (Å²) in [6.45, 7) is -0.287. The Morgan fingerprint density at radius 1 is 1.38 bits per heavy atom. The zero-order valence-electron chi connectivity index (χ0n) is 11.2. The van der Waals surface area contributed by atoms with Gasteiger partial charge in [0.1, 0.15) is 12.8 Å². The lowest BCUT2D eigenvalue weighted by molar-refractivity contribution is 0.0918. The molecule has 112 valence electrons. The Bertz CT molecular complexity index is 560. The highest BCUT2D eigenvalue weighted by atomic mass is 19.1. The van der Waals surface area contributed by atoms with E-state index in [-0.39, 0.29) is 12.2 Å². The molecule has 0 saturated heterocycles. The normalized spacial score (nSPS) is 20.9. The van der Waals surface area contributed by atoms with Gasteiger partial charge in [0.15, 0.2) is 17.4 Å². The second-order valence-electron chi connectivity index (χ2n) is 4.79. The number of alkyl halides is 1. The van der Waals surface area contributed by atoms with E-state index >= 15 is 0 Å². The first kappa shape index (κ1) is 15.2. The number of terminal acetylenes is 1. The van der Waals surface area contributed by atoms with Crippen LogP contribution in [0.4, 0.5) is 13.2 Å². The first-order valence-corrected chi connectivity index (χ1v) is 6.53. The van der Waals surface area contributed by atoms with Gasteiger partial charge in [-0.3, -0.25) is 4.79 Å². The maximum Gasteiger partial charge on any atom is 0.251 e. The standard InChI is InChI=1S/C15H14F3NO2/c1-2-6-21-14-11(17)7-9(8-12(14)18)15(20)19-13-5-3-4-10(13)16/h1,7-8,10,13H,3-6H2,(H,19,20)/t10-,13-/m1/s1. The fourth-order valence-corrected chi connectivity index (χ4v) is 2.27. The Kier molecular flexibility index (Phi) is 4.73. The van der Waals surface area contributed by atoms with Crippen molar-refractivity contribution in [2.75, 3.05) is 6.61 Å². The van der Waals surface area contributed by atoms with Crippen molar-refractivity contribution in [2.45, 2.75) is 31.5 Å². The Labute approximate surface area is 120 Å². The second kappa shape index (κ2) is 6.53. The second-order valence-corrected chi connectivity index (χ2v) is 4.79. The molecule has 0 bridgehead atoms. The molecule has 0 aromatic heterocycles. The van der Waals surface area contributed by atoms with Gasteiger partial charge < -0.3 is 10.1 Å². The maximum atomic E-state index is 13.7. The number of nitrogens with one attached hydrogen (secondary N) is 1. The van der Waals surface area contributed by atoms with Gasteiger partial charge in [-0.2, -0.15) is 0 Å². The van der Waals surface area contributed by atoms with Gasteiger partial charge in [0, 0.05) is 5.56 Å². The fraction of sp³-hybridized carbons (Fsp3) is 0.400. The van der Waals surface area contributed by atoms with Crippen LogP contribution in [0.3, 0.4) is 0 Å². The highest BCUT2D eigenvalue weighted by Gasteiger charge is 2.29. The third-order valence-corrected chi connectivity index (χ3v) is 3.31. The van der Waals surface area contributed by atoms with Gasteiger partial charge in [0.2, 0.25) is 0 Å². The molecule has 0 unspecified atom stereocenters. The zero-order chi connectivity index (χ0) is 15.4. The van der Waals surface area contributed by atoms with Crippen LogP contribution in [-0.2, 0) is 0 Å². The molecule has 21 heavy (non-hydrogen) atoms. The first-order valence-electron chi connectivity index (χ1n) is 6.53. The van der Waals surface area contributed by atoms with E-state index in [0.717, 1.165) is 12.1 Å². The van der Waals surface area contributed by atoms with E-state index in [4.69, 9.17) is 11.2 Å². The van der Waals surface area contributed by atoms with Crippen molar-refractivity contribution in [1.29, 1.82) is 0 Å². The van der Waals surface area contributed by atoms with Crippen LogP contribution >= 0.6 is 0 Å². The summed E-state index contributed by atoms with van der Waals surface area (Å²) in [5.74, 6) is -1.32. The Hall–Kier alpha value is -2.16. The minimum Gasteiger partial charge on any atom is -0.475 e. The van der Waals surface area contributed by atoms with Crippen molar-refractivity contribution in [1.82, 2.24) is 5.32 Å². The molecule has 0 heterocycles. The van der Waals surface area contributed by atoms with Crippen LogP contribution in [0.25, 0.3) is 0 Å². The van der Waals surface area contributed by atoms with Gasteiger partial charge in [-0.15, -0.1) is 6.42 Å². The van der Waals surface area contributed by atoms with Gasteiger partial charge in [-0.05, 0) is 31.4 Å². The van der Waals surface area contributed by atoms with Crippen LogP contribution in [0.5, 0.6) is 5.75 Å². The van der Waals surface area contributed by atoms with Crippen molar-refractivity contribution < 1.29 is 22.7 Å².